The first-order valence-corrected chi connectivity index (χ1v) is 10.8. The van der Waals surface area contributed by atoms with E-state index in [0.717, 1.165) is 55.0 Å². The normalized spacial score (nSPS) is 28.4. The molecule has 0 spiro atoms. The summed E-state index contributed by atoms with van der Waals surface area (Å²) in [6.45, 7) is 5.41. The van der Waals surface area contributed by atoms with Crippen molar-refractivity contribution in [1.82, 2.24) is 4.90 Å². The molecule has 5 rings (SSSR count). The van der Waals surface area contributed by atoms with Gasteiger partial charge in [-0.3, -0.25) is 14.5 Å². The van der Waals surface area contributed by atoms with Gasteiger partial charge in [-0.25, -0.2) is 0 Å². The topological polar surface area (TPSA) is 74.3 Å². The lowest BCUT2D eigenvalue weighted by atomic mass is 9.73. The molecule has 1 aromatic carbocycles. The summed E-state index contributed by atoms with van der Waals surface area (Å²) < 4.78 is 22.9. The second-order valence-electron chi connectivity index (χ2n) is 8.47. The van der Waals surface area contributed by atoms with Crippen LogP contribution in [0.25, 0.3) is 0 Å². The first-order chi connectivity index (χ1) is 14.5. The molecular weight excluding hydrogens is 386 g/mol. The number of carbonyl (C=O) groups is 2. The molecule has 4 aliphatic rings. The Labute approximate surface area is 175 Å². The molecule has 3 aliphatic heterocycles. The van der Waals surface area contributed by atoms with Gasteiger partial charge in [0.2, 0.25) is 6.79 Å². The molecule has 160 valence electrons. The van der Waals surface area contributed by atoms with E-state index in [4.69, 9.17) is 18.9 Å². The number of esters is 2. The number of carbonyl (C=O) groups excluding carboxylic acids is 2. The fraction of sp³-hybridized carbons (Fsp3) is 0.565. The number of fused-ring (bicyclic) bond motifs is 3. The number of unbranched alkanes of at least 4 members (excludes halogenated alkanes) is 1. The molecule has 1 aliphatic carbocycles. The number of rotatable bonds is 5. The number of nitrogens with zero attached hydrogens (tertiary/aromatic N) is 1. The molecule has 0 aromatic heterocycles. The minimum absolute atomic E-state index is 0.112. The van der Waals surface area contributed by atoms with Crippen molar-refractivity contribution in [3.05, 3.63) is 34.9 Å². The molecule has 30 heavy (non-hydrogen) atoms. The molecule has 3 heterocycles. The van der Waals surface area contributed by atoms with Gasteiger partial charge in [0.25, 0.3) is 0 Å². The highest BCUT2D eigenvalue weighted by atomic mass is 16.7. The maximum absolute atomic E-state index is 12.4. The predicted molar refractivity (Wildman–Crippen MR) is 107 cm³/mol. The fourth-order valence-corrected chi connectivity index (χ4v) is 5.28. The van der Waals surface area contributed by atoms with Gasteiger partial charge in [-0.05, 0) is 42.2 Å². The number of hydrogen-bond donors (Lipinski definition) is 0. The highest BCUT2D eigenvalue weighted by Gasteiger charge is 2.52. The zero-order chi connectivity index (χ0) is 20.8. The van der Waals surface area contributed by atoms with Crippen molar-refractivity contribution in [2.75, 3.05) is 13.3 Å². The summed E-state index contributed by atoms with van der Waals surface area (Å²) in [6, 6.07) is 4.21. The van der Waals surface area contributed by atoms with Crippen LogP contribution in [0.2, 0.25) is 0 Å². The SMILES string of the molecule is CCCCC(=O)O[C@H]1C=C2CCN3Cc4cc5c(cc4[C@H]([C@@H]1OC(C)=O)[C@@H]23)OCO5. The Morgan fingerprint density at radius 3 is 2.77 bits per heavy atom. The van der Waals surface area contributed by atoms with E-state index in [-0.39, 0.29) is 30.7 Å². The van der Waals surface area contributed by atoms with Gasteiger partial charge in [0, 0.05) is 38.4 Å². The molecule has 0 radical (unpaired) electrons. The Bertz CT molecular complexity index is 909. The van der Waals surface area contributed by atoms with Crippen LogP contribution < -0.4 is 9.47 Å². The Hall–Kier alpha value is -2.54. The van der Waals surface area contributed by atoms with E-state index in [9.17, 15) is 9.59 Å². The molecule has 0 unspecified atom stereocenters. The van der Waals surface area contributed by atoms with Crippen molar-refractivity contribution in [3.8, 4) is 11.5 Å². The first kappa shape index (κ1) is 19.4. The summed E-state index contributed by atoms with van der Waals surface area (Å²) >= 11 is 0. The molecule has 1 fully saturated rings. The van der Waals surface area contributed by atoms with E-state index >= 15 is 0 Å². The lowest BCUT2D eigenvalue weighted by molar-refractivity contribution is -0.167. The van der Waals surface area contributed by atoms with E-state index in [0.29, 0.717) is 6.42 Å². The Kier molecular flexibility index (Phi) is 4.93. The van der Waals surface area contributed by atoms with Crippen molar-refractivity contribution in [3.63, 3.8) is 0 Å². The van der Waals surface area contributed by atoms with E-state index in [1.165, 1.54) is 12.5 Å². The quantitative estimate of drug-likeness (QED) is 0.542. The second kappa shape index (κ2) is 7.61. The smallest absolute Gasteiger partial charge is 0.306 e. The molecular formula is C23H27NO6. The van der Waals surface area contributed by atoms with Gasteiger partial charge < -0.3 is 18.9 Å². The minimum Gasteiger partial charge on any atom is -0.458 e. The summed E-state index contributed by atoms with van der Waals surface area (Å²) in [7, 11) is 0. The lowest BCUT2D eigenvalue weighted by Gasteiger charge is -2.46. The summed E-state index contributed by atoms with van der Waals surface area (Å²) in [5.41, 5.74) is 3.51. The van der Waals surface area contributed by atoms with E-state index in [1.54, 1.807) is 0 Å². The minimum atomic E-state index is -0.578. The summed E-state index contributed by atoms with van der Waals surface area (Å²) in [4.78, 5) is 26.9. The Morgan fingerprint density at radius 2 is 2.00 bits per heavy atom. The molecule has 7 nitrogen and oxygen atoms in total. The Morgan fingerprint density at radius 1 is 1.20 bits per heavy atom. The van der Waals surface area contributed by atoms with Gasteiger partial charge >= 0.3 is 11.9 Å². The molecule has 1 aromatic rings. The first-order valence-electron chi connectivity index (χ1n) is 10.8. The zero-order valence-electron chi connectivity index (χ0n) is 17.4. The molecule has 0 N–H and O–H groups in total. The maximum Gasteiger partial charge on any atom is 0.306 e. The van der Waals surface area contributed by atoms with Crippen molar-refractivity contribution >= 4 is 11.9 Å². The molecule has 0 bridgehead atoms. The largest absolute Gasteiger partial charge is 0.458 e. The van der Waals surface area contributed by atoms with Gasteiger partial charge in [0.1, 0.15) is 0 Å². The van der Waals surface area contributed by atoms with Gasteiger partial charge in [-0.2, -0.15) is 0 Å². The highest BCUT2D eigenvalue weighted by molar-refractivity contribution is 5.70. The third-order valence-electron chi connectivity index (χ3n) is 6.53. The highest BCUT2D eigenvalue weighted by Crippen LogP contribution is 2.50. The number of ether oxygens (including phenoxy) is 4. The summed E-state index contributed by atoms with van der Waals surface area (Å²) in [5.74, 6) is 0.743. The van der Waals surface area contributed by atoms with E-state index in [2.05, 4.69) is 4.90 Å². The van der Waals surface area contributed by atoms with Crippen LogP contribution >= 0.6 is 0 Å². The maximum atomic E-state index is 12.4. The van der Waals surface area contributed by atoms with Crippen LogP contribution in [-0.4, -0.2) is 48.4 Å². The predicted octanol–water partition coefficient (Wildman–Crippen LogP) is 3.06. The third-order valence-corrected chi connectivity index (χ3v) is 6.53. The second-order valence-corrected chi connectivity index (χ2v) is 8.47. The van der Waals surface area contributed by atoms with Gasteiger partial charge in [-0.15, -0.1) is 0 Å². The van der Waals surface area contributed by atoms with Gasteiger partial charge in [0.05, 0.1) is 0 Å². The van der Waals surface area contributed by atoms with Crippen LogP contribution in [0.1, 0.15) is 56.6 Å². The lowest BCUT2D eigenvalue weighted by Crippen LogP contribution is -2.52. The van der Waals surface area contributed by atoms with Crippen LogP contribution in [0.4, 0.5) is 0 Å². The standard InChI is InChI=1S/C23H27NO6/c1-3-4-5-20(26)30-19-8-14-6-7-24-11-15-9-17-18(28-12-27-17)10-16(15)21(22(14)24)23(19)29-13(2)25/h8-10,19,21-23H,3-7,11-12H2,1-2H3/t19-,21-,22+,23+/m0/s1. The van der Waals surface area contributed by atoms with Crippen molar-refractivity contribution in [2.24, 2.45) is 0 Å². The fourth-order valence-electron chi connectivity index (χ4n) is 5.28. The van der Waals surface area contributed by atoms with E-state index in [1.807, 2.05) is 25.1 Å². The molecule has 0 amide bonds. The van der Waals surface area contributed by atoms with Crippen molar-refractivity contribution in [2.45, 2.75) is 70.2 Å². The summed E-state index contributed by atoms with van der Waals surface area (Å²) in [5, 5.41) is 0. The summed E-state index contributed by atoms with van der Waals surface area (Å²) in [6.07, 6.45) is 3.89. The van der Waals surface area contributed by atoms with Crippen molar-refractivity contribution < 1.29 is 28.5 Å². The monoisotopic (exact) mass is 413 g/mol. The zero-order valence-corrected chi connectivity index (χ0v) is 17.4. The third kappa shape index (κ3) is 3.25. The molecule has 4 atom stereocenters. The molecule has 7 heteroatoms. The number of benzene rings is 1. The number of hydrogen-bond acceptors (Lipinski definition) is 7. The van der Waals surface area contributed by atoms with Crippen LogP contribution in [0.15, 0.2) is 23.8 Å². The van der Waals surface area contributed by atoms with Crippen LogP contribution in [0.3, 0.4) is 0 Å². The van der Waals surface area contributed by atoms with Crippen LogP contribution in [0.5, 0.6) is 11.5 Å². The van der Waals surface area contributed by atoms with Crippen molar-refractivity contribution in [1.29, 1.82) is 0 Å². The molecule has 0 saturated carbocycles. The van der Waals surface area contributed by atoms with E-state index < -0.39 is 12.2 Å². The molecule has 1 saturated heterocycles. The van der Waals surface area contributed by atoms with Gasteiger partial charge in [-0.1, -0.05) is 18.9 Å². The van der Waals surface area contributed by atoms with Gasteiger partial charge in [0.15, 0.2) is 23.7 Å². The van der Waals surface area contributed by atoms with Crippen LogP contribution in [-0.2, 0) is 25.6 Å². The average Bonchev–Trinajstić information content (AvgIpc) is 3.33. The Balaban J connectivity index is 1.55. The average molecular weight is 413 g/mol. The van der Waals surface area contributed by atoms with Crippen LogP contribution in [0, 0.1) is 0 Å².